The molecule has 5 rings (SSSR count). The van der Waals surface area contributed by atoms with Gasteiger partial charge < -0.3 is 18.9 Å². The zero-order valence-electron chi connectivity index (χ0n) is 19.4. The number of para-hydroxylation sites is 1. The lowest BCUT2D eigenvalue weighted by molar-refractivity contribution is -0.0923. The molecule has 0 aliphatic carbocycles. The predicted octanol–water partition coefficient (Wildman–Crippen LogP) is 3.02. The summed E-state index contributed by atoms with van der Waals surface area (Å²) in [5, 5.41) is 1.34. The van der Waals surface area contributed by atoms with Crippen molar-refractivity contribution < 1.29 is 14.3 Å². The molecule has 2 aliphatic rings. The number of rotatable bonds is 5. The number of morpholine rings is 1. The first kappa shape index (κ1) is 21.9. The zero-order chi connectivity index (χ0) is 22.8. The van der Waals surface area contributed by atoms with Crippen molar-refractivity contribution in [1.82, 2.24) is 19.4 Å². The average Bonchev–Trinajstić information content (AvgIpc) is 3.16. The molecule has 2 fully saturated rings. The van der Waals surface area contributed by atoms with E-state index in [4.69, 9.17) is 9.47 Å². The molecule has 0 unspecified atom stereocenters. The molecular formula is C25H31N5O3. The quantitative estimate of drug-likeness (QED) is 0.555. The molecule has 0 bridgehead atoms. The fraction of sp³-hybridized carbons (Fsp3) is 0.480. The third-order valence-corrected chi connectivity index (χ3v) is 6.82. The summed E-state index contributed by atoms with van der Waals surface area (Å²) >= 11 is 0. The summed E-state index contributed by atoms with van der Waals surface area (Å²) < 4.78 is 13.6. The van der Waals surface area contributed by atoms with E-state index in [0.29, 0.717) is 24.7 Å². The van der Waals surface area contributed by atoms with E-state index in [1.165, 1.54) is 16.5 Å². The van der Waals surface area contributed by atoms with E-state index in [2.05, 4.69) is 61.8 Å². The molecule has 1 spiro atoms. The Morgan fingerprint density at radius 2 is 1.91 bits per heavy atom. The predicted molar refractivity (Wildman–Crippen MR) is 126 cm³/mol. The standard InChI is InChI=1S/C25H31N5O3/c1-3-32-23(31)19-14-26-24(27-15-19)30-12-13-33-25(18-30)8-10-29(11-9-25)17-20-16-28(2)22-7-5-4-6-21(20)22/h4-7,14-16H,3,8-13,17-18H2,1-2H3. The molecule has 0 radical (unpaired) electrons. The van der Waals surface area contributed by atoms with Gasteiger partial charge in [-0.05, 0) is 31.4 Å². The van der Waals surface area contributed by atoms with Gasteiger partial charge in [-0.15, -0.1) is 0 Å². The number of nitrogens with zero attached hydrogens (tertiary/aromatic N) is 5. The second-order valence-corrected chi connectivity index (χ2v) is 9.00. The van der Waals surface area contributed by atoms with Gasteiger partial charge in [0, 0.05) is 62.7 Å². The second kappa shape index (κ2) is 9.11. The third-order valence-electron chi connectivity index (χ3n) is 6.82. The molecular weight excluding hydrogens is 418 g/mol. The number of piperidine rings is 1. The Bertz CT molecular complexity index is 1120. The lowest BCUT2D eigenvalue weighted by atomic mass is 9.89. The summed E-state index contributed by atoms with van der Waals surface area (Å²) in [5.74, 6) is 0.255. The normalized spacial score (nSPS) is 18.7. The van der Waals surface area contributed by atoms with Crippen LogP contribution < -0.4 is 4.90 Å². The lowest BCUT2D eigenvalue weighted by Crippen LogP contribution is -2.57. The number of aryl methyl sites for hydroxylation is 1. The average molecular weight is 450 g/mol. The van der Waals surface area contributed by atoms with Gasteiger partial charge in [-0.25, -0.2) is 14.8 Å². The maximum absolute atomic E-state index is 11.9. The Hall–Kier alpha value is -2.97. The molecule has 0 saturated carbocycles. The number of carbonyl (C=O) groups excluding carboxylic acids is 1. The van der Waals surface area contributed by atoms with Crippen molar-refractivity contribution in [2.24, 2.45) is 7.05 Å². The molecule has 33 heavy (non-hydrogen) atoms. The largest absolute Gasteiger partial charge is 0.462 e. The van der Waals surface area contributed by atoms with Crippen LogP contribution in [0.25, 0.3) is 10.9 Å². The summed E-state index contributed by atoms with van der Waals surface area (Å²) in [6.07, 6.45) is 7.32. The van der Waals surface area contributed by atoms with E-state index >= 15 is 0 Å². The number of anilines is 1. The third kappa shape index (κ3) is 4.45. The fourth-order valence-corrected chi connectivity index (χ4v) is 5.03. The summed E-state index contributed by atoms with van der Waals surface area (Å²) in [4.78, 5) is 25.4. The van der Waals surface area contributed by atoms with Crippen molar-refractivity contribution >= 4 is 22.8 Å². The van der Waals surface area contributed by atoms with E-state index in [1.807, 2.05) is 0 Å². The molecule has 8 nitrogen and oxygen atoms in total. The highest BCUT2D eigenvalue weighted by molar-refractivity contribution is 5.88. The molecule has 2 aliphatic heterocycles. The van der Waals surface area contributed by atoms with Crippen LogP contribution in [0, 0.1) is 0 Å². The minimum atomic E-state index is -0.388. The molecule has 0 N–H and O–H groups in total. The molecule has 4 heterocycles. The van der Waals surface area contributed by atoms with Gasteiger partial charge in [-0.2, -0.15) is 0 Å². The minimum Gasteiger partial charge on any atom is -0.462 e. The van der Waals surface area contributed by atoms with Crippen LogP contribution in [0.1, 0.15) is 35.7 Å². The smallest absolute Gasteiger partial charge is 0.341 e. The lowest BCUT2D eigenvalue weighted by Gasteiger charge is -2.47. The monoisotopic (exact) mass is 449 g/mol. The molecule has 8 heteroatoms. The first-order chi connectivity index (χ1) is 16.1. The topological polar surface area (TPSA) is 72.7 Å². The first-order valence-corrected chi connectivity index (χ1v) is 11.7. The summed E-state index contributed by atoms with van der Waals surface area (Å²) in [7, 11) is 2.11. The molecule has 174 valence electrons. The molecule has 1 aromatic carbocycles. The number of fused-ring (bicyclic) bond motifs is 1. The molecule has 0 atom stereocenters. The SMILES string of the molecule is CCOC(=O)c1cnc(N2CCOC3(CCN(Cc4cn(C)c5ccccc45)CC3)C2)nc1. The van der Waals surface area contributed by atoms with Crippen LogP contribution in [0.2, 0.25) is 0 Å². The number of benzene rings is 1. The summed E-state index contributed by atoms with van der Waals surface area (Å²) in [5.41, 5.74) is 2.87. The fourth-order valence-electron chi connectivity index (χ4n) is 5.03. The van der Waals surface area contributed by atoms with E-state index < -0.39 is 0 Å². The summed E-state index contributed by atoms with van der Waals surface area (Å²) in [6.45, 7) is 7.26. The minimum absolute atomic E-state index is 0.170. The number of hydrogen-bond donors (Lipinski definition) is 0. The number of hydrogen-bond acceptors (Lipinski definition) is 7. The van der Waals surface area contributed by atoms with Gasteiger partial charge in [0.05, 0.1) is 30.9 Å². The van der Waals surface area contributed by atoms with Crippen LogP contribution in [0.3, 0.4) is 0 Å². The van der Waals surface area contributed by atoms with Crippen LogP contribution >= 0.6 is 0 Å². The van der Waals surface area contributed by atoms with Crippen LogP contribution in [-0.2, 0) is 23.1 Å². The van der Waals surface area contributed by atoms with Crippen LogP contribution in [0.5, 0.6) is 0 Å². The van der Waals surface area contributed by atoms with Gasteiger partial charge in [-0.3, -0.25) is 4.90 Å². The highest BCUT2D eigenvalue weighted by Crippen LogP contribution is 2.32. The van der Waals surface area contributed by atoms with Crippen LogP contribution in [-0.4, -0.2) is 70.4 Å². The van der Waals surface area contributed by atoms with Crippen molar-refractivity contribution in [3.63, 3.8) is 0 Å². The Morgan fingerprint density at radius 3 is 2.67 bits per heavy atom. The maximum atomic E-state index is 11.9. The number of likely N-dealkylation sites (tertiary alicyclic amines) is 1. The van der Waals surface area contributed by atoms with Crippen molar-refractivity contribution in [3.8, 4) is 0 Å². The van der Waals surface area contributed by atoms with Gasteiger partial charge in [0.25, 0.3) is 0 Å². The number of ether oxygens (including phenoxy) is 2. The Balaban J connectivity index is 1.22. The van der Waals surface area contributed by atoms with E-state index in [9.17, 15) is 4.79 Å². The highest BCUT2D eigenvalue weighted by atomic mass is 16.5. The molecule has 0 amide bonds. The van der Waals surface area contributed by atoms with Crippen molar-refractivity contribution in [1.29, 1.82) is 0 Å². The Morgan fingerprint density at radius 1 is 1.15 bits per heavy atom. The maximum Gasteiger partial charge on any atom is 0.341 e. The molecule has 2 aromatic heterocycles. The summed E-state index contributed by atoms with van der Waals surface area (Å²) in [6, 6.07) is 8.60. The van der Waals surface area contributed by atoms with Gasteiger partial charge in [0.2, 0.25) is 5.95 Å². The number of aromatic nitrogens is 3. The van der Waals surface area contributed by atoms with E-state index in [-0.39, 0.29) is 11.6 Å². The van der Waals surface area contributed by atoms with Crippen LogP contribution in [0.4, 0.5) is 5.95 Å². The van der Waals surface area contributed by atoms with Crippen LogP contribution in [0.15, 0.2) is 42.9 Å². The van der Waals surface area contributed by atoms with Crippen molar-refractivity contribution in [3.05, 3.63) is 54.0 Å². The van der Waals surface area contributed by atoms with E-state index in [1.54, 1.807) is 19.3 Å². The van der Waals surface area contributed by atoms with Gasteiger partial charge >= 0.3 is 5.97 Å². The number of esters is 1. The highest BCUT2D eigenvalue weighted by Gasteiger charge is 2.40. The van der Waals surface area contributed by atoms with Gasteiger partial charge in [0.15, 0.2) is 0 Å². The molecule has 3 aromatic rings. The van der Waals surface area contributed by atoms with Gasteiger partial charge in [-0.1, -0.05) is 18.2 Å². The zero-order valence-corrected chi connectivity index (χ0v) is 19.4. The Kier molecular flexibility index (Phi) is 6.03. The van der Waals surface area contributed by atoms with Crippen molar-refractivity contribution in [2.75, 3.05) is 44.3 Å². The first-order valence-electron chi connectivity index (χ1n) is 11.7. The Labute approximate surface area is 194 Å². The van der Waals surface area contributed by atoms with Crippen molar-refractivity contribution in [2.45, 2.75) is 31.9 Å². The molecule has 2 saturated heterocycles. The van der Waals surface area contributed by atoms with Gasteiger partial charge in [0.1, 0.15) is 0 Å². The number of carbonyl (C=O) groups is 1. The van der Waals surface area contributed by atoms with E-state index in [0.717, 1.165) is 45.6 Å². The second-order valence-electron chi connectivity index (χ2n) is 9.00.